The maximum Gasteiger partial charge on any atom is 0.269 e. The van der Waals surface area contributed by atoms with E-state index in [1.54, 1.807) is 50.2 Å². The SMILES string of the molecule is Cc1ccccc1NS(=O)(=O)c1ccc(C)c(C(=O)NCCNc2ccc([N+](=O)[O-])cc2)c1. The fourth-order valence-electron chi connectivity index (χ4n) is 3.08. The van der Waals surface area contributed by atoms with Crippen molar-refractivity contribution in [3.63, 3.8) is 0 Å². The fourth-order valence-corrected chi connectivity index (χ4v) is 4.24. The number of anilines is 2. The van der Waals surface area contributed by atoms with Crippen LogP contribution in [0.3, 0.4) is 0 Å². The molecule has 0 bridgehead atoms. The Kier molecular flexibility index (Phi) is 7.29. The molecular weight excluding hydrogens is 444 g/mol. The molecule has 0 saturated heterocycles. The number of benzene rings is 3. The first kappa shape index (κ1) is 23.7. The van der Waals surface area contributed by atoms with Crippen LogP contribution in [0.1, 0.15) is 21.5 Å². The summed E-state index contributed by atoms with van der Waals surface area (Å²) in [6.07, 6.45) is 0. The number of aryl methyl sites for hydroxylation is 2. The average Bonchev–Trinajstić information content (AvgIpc) is 2.78. The number of hydrogen-bond acceptors (Lipinski definition) is 6. The summed E-state index contributed by atoms with van der Waals surface area (Å²) in [4.78, 5) is 22.9. The molecule has 0 spiro atoms. The van der Waals surface area contributed by atoms with E-state index in [2.05, 4.69) is 15.4 Å². The summed E-state index contributed by atoms with van der Waals surface area (Å²) < 4.78 is 28.2. The van der Waals surface area contributed by atoms with Gasteiger partial charge in [0, 0.05) is 36.5 Å². The molecule has 172 valence electrons. The van der Waals surface area contributed by atoms with Crippen LogP contribution in [-0.2, 0) is 10.0 Å². The topological polar surface area (TPSA) is 130 Å². The Morgan fingerprint density at radius 3 is 2.30 bits per heavy atom. The van der Waals surface area contributed by atoms with Crippen molar-refractivity contribution in [2.75, 3.05) is 23.1 Å². The third-order valence-corrected chi connectivity index (χ3v) is 6.33. The van der Waals surface area contributed by atoms with Crippen LogP contribution in [0.4, 0.5) is 17.1 Å². The molecule has 0 aromatic heterocycles. The van der Waals surface area contributed by atoms with Gasteiger partial charge in [-0.1, -0.05) is 24.3 Å². The normalized spacial score (nSPS) is 11.0. The predicted octanol–water partition coefficient (Wildman–Crippen LogP) is 3.85. The minimum Gasteiger partial charge on any atom is -0.383 e. The molecule has 3 aromatic carbocycles. The first-order valence-corrected chi connectivity index (χ1v) is 11.6. The number of nitrogens with zero attached hydrogens (tertiary/aromatic N) is 1. The highest BCUT2D eigenvalue weighted by Gasteiger charge is 2.19. The zero-order chi connectivity index (χ0) is 24.0. The van der Waals surface area contributed by atoms with Gasteiger partial charge in [-0.25, -0.2) is 8.42 Å². The minimum absolute atomic E-state index is 0.00363. The lowest BCUT2D eigenvalue weighted by Gasteiger charge is -2.13. The number of nitro groups is 1. The predicted molar refractivity (Wildman–Crippen MR) is 127 cm³/mol. The standard InChI is InChI=1S/C23H24N4O5S/c1-16-7-12-20(33(31,32)26-22-6-4-3-5-17(22)2)15-21(16)23(28)25-14-13-24-18-8-10-19(11-9-18)27(29)30/h3-12,15,24,26H,13-14H2,1-2H3,(H,25,28). The average molecular weight is 469 g/mol. The number of amides is 1. The van der Waals surface area contributed by atoms with Gasteiger partial charge in [-0.2, -0.15) is 0 Å². The highest BCUT2D eigenvalue weighted by Crippen LogP contribution is 2.21. The Bertz CT molecular complexity index is 1270. The van der Waals surface area contributed by atoms with Crippen molar-refractivity contribution >= 4 is 33.0 Å². The van der Waals surface area contributed by atoms with Gasteiger partial charge in [0.05, 0.1) is 15.5 Å². The van der Waals surface area contributed by atoms with Crippen molar-refractivity contribution in [2.24, 2.45) is 0 Å². The van der Waals surface area contributed by atoms with E-state index in [-0.39, 0.29) is 22.7 Å². The molecule has 0 heterocycles. The molecule has 3 N–H and O–H groups in total. The van der Waals surface area contributed by atoms with Gasteiger partial charge in [-0.3, -0.25) is 19.6 Å². The molecule has 0 atom stereocenters. The van der Waals surface area contributed by atoms with Crippen LogP contribution in [0.15, 0.2) is 71.6 Å². The van der Waals surface area contributed by atoms with E-state index >= 15 is 0 Å². The first-order chi connectivity index (χ1) is 15.7. The Morgan fingerprint density at radius 2 is 1.64 bits per heavy atom. The maximum absolute atomic E-state index is 12.8. The highest BCUT2D eigenvalue weighted by molar-refractivity contribution is 7.92. The van der Waals surface area contributed by atoms with Crippen LogP contribution in [-0.4, -0.2) is 32.3 Å². The molecule has 1 amide bonds. The third kappa shape index (κ3) is 6.07. The summed E-state index contributed by atoms with van der Waals surface area (Å²) in [5.74, 6) is -0.397. The molecule has 0 aliphatic rings. The smallest absolute Gasteiger partial charge is 0.269 e. The molecule has 3 rings (SSSR count). The van der Waals surface area contributed by atoms with Crippen LogP contribution in [0, 0.1) is 24.0 Å². The molecule has 10 heteroatoms. The lowest BCUT2D eigenvalue weighted by Crippen LogP contribution is -2.29. The van der Waals surface area contributed by atoms with E-state index in [1.807, 2.05) is 6.07 Å². The molecular formula is C23H24N4O5S. The van der Waals surface area contributed by atoms with Crippen molar-refractivity contribution in [3.8, 4) is 0 Å². The monoisotopic (exact) mass is 468 g/mol. The van der Waals surface area contributed by atoms with E-state index in [0.29, 0.717) is 23.5 Å². The summed E-state index contributed by atoms with van der Waals surface area (Å²) in [6.45, 7) is 4.19. The summed E-state index contributed by atoms with van der Waals surface area (Å²) >= 11 is 0. The Hall–Kier alpha value is -3.92. The minimum atomic E-state index is -3.87. The Morgan fingerprint density at radius 1 is 0.939 bits per heavy atom. The number of rotatable bonds is 9. The Labute approximate surface area is 192 Å². The van der Waals surface area contributed by atoms with E-state index in [1.165, 1.54) is 24.3 Å². The zero-order valence-corrected chi connectivity index (χ0v) is 19.0. The maximum atomic E-state index is 12.8. The molecule has 0 aliphatic carbocycles. The third-order valence-electron chi connectivity index (χ3n) is 4.97. The summed E-state index contributed by atoms with van der Waals surface area (Å²) in [5, 5.41) is 16.5. The Balaban J connectivity index is 1.63. The number of non-ortho nitro benzene ring substituents is 1. The van der Waals surface area contributed by atoms with Gasteiger partial charge in [-0.05, 0) is 55.3 Å². The number of nitrogens with one attached hydrogen (secondary N) is 3. The number of nitro benzene ring substituents is 1. The number of carbonyl (C=O) groups excluding carboxylic acids is 1. The number of hydrogen-bond donors (Lipinski definition) is 3. The molecule has 33 heavy (non-hydrogen) atoms. The quantitative estimate of drug-likeness (QED) is 0.248. The molecule has 0 aliphatic heterocycles. The van der Waals surface area contributed by atoms with E-state index in [4.69, 9.17) is 0 Å². The van der Waals surface area contributed by atoms with Gasteiger partial charge < -0.3 is 10.6 Å². The second-order valence-corrected chi connectivity index (χ2v) is 9.07. The lowest BCUT2D eigenvalue weighted by atomic mass is 10.1. The van der Waals surface area contributed by atoms with Gasteiger partial charge in [-0.15, -0.1) is 0 Å². The fraction of sp³-hybridized carbons (Fsp3) is 0.174. The largest absolute Gasteiger partial charge is 0.383 e. The van der Waals surface area contributed by atoms with Crippen LogP contribution in [0.5, 0.6) is 0 Å². The lowest BCUT2D eigenvalue weighted by molar-refractivity contribution is -0.384. The second-order valence-electron chi connectivity index (χ2n) is 7.38. The van der Waals surface area contributed by atoms with Crippen molar-refractivity contribution in [1.29, 1.82) is 0 Å². The zero-order valence-electron chi connectivity index (χ0n) is 18.2. The second kappa shape index (κ2) is 10.1. The number of carbonyl (C=O) groups is 1. The van der Waals surface area contributed by atoms with Crippen molar-refractivity contribution in [2.45, 2.75) is 18.7 Å². The molecule has 3 aromatic rings. The van der Waals surface area contributed by atoms with Gasteiger partial charge >= 0.3 is 0 Å². The summed E-state index contributed by atoms with van der Waals surface area (Å²) in [5.41, 5.74) is 2.84. The van der Waals surface area contributed by atoms with Crippen molar-refractivity contribution in [1.82, 2.24) is 5.32 Å². The van der Waals surface area contributed by atoms with Gasteiger partial charge in [0.15, 0.2) is 0 Å². The van der Waals surface area contributed by atoms with E-state index in [0.717, 1.165) is 5.56 Å². The number of para-hydroxylation sites is 1. The molecule has 0 unspecified atom stereocenters. The highest BCUT2D eigenvalue weighted by atomic mass is 32.2. The number of sulfonamides is 1. The van der Waals surface area contributed by atoms with Crippen LogP contribution in [0.2, 0.25) is 0 Å². The molecule has 0 radical (unpaired) electrons. The first-order valence-electron chi connectivity index (χ1n) is 10.1. The van der Waals surface area contributed by atoms with Crippen LogP contribution < -0.4 is 15.4 Å². The van der Waals surface area contributed by atoms with Crippen LogP contribution in [0.25, 0.3) is 0 Å². The van der Waals surface area contributed by atoms with Crippen molar-refractivity contribution in [3.05, 3.63) is 93.5 Å². The van der Waals surface area contributed by atoms with E-state index in [9.17, 15) is 23.3 Å². The van der Waals surface area contributed by atoms with Gasteiger partial charge in [0.1, 0.15) is 0 Å². The van der Waals surface area contributed by atoms with Crippen LogP contribution >= 0.6 is 0 Å². The molecule has 0 saturated carbocycles. The molecule has 9 nitrogen and oxygen atoms in total. The van der Waals surface area contributed by atoms with Gasteiger partial charge in [0.25, 0.3) is 21.6 Å². The molecule has 0 fully saturated rings. The van der Waals surface area contributed by atoms with Crippen molar-refractivity contribution < 1.29 is 18.1 Å². The summed E-state index contributed by atoms with van der Waals surface area (Å²) in [7, 11) is -3.87. The van der Waals surface area contributed by atoms with Gasteiger partial charge in [0.2, 0.25) is 0 Å². The van der Waals surface area contributed by atoms with E-state index < -0.39 is 20.9 Å². The summed E-state index contributed by atoms with van der Waals surface area (Å²) in [6, 6.07) is 17.4.